The molecule has 2 nitrogen and oxygen atoms in total. The van der Waals surface area contributed by atoms with Gasteiger partial charge in [-0.05, 0) is 99.9 Å². The summed E-state index contributed by atoms with van der Waals surface area (Å²) in [5, 5.41) is 0. The summed E-state index contributed by atoms with van der Waals surface area (Å²) in [5.41, 5.74) is 19.7. The van der Waals surface area contributed by atoms with Crippen molar-refractivity contribution < 1.29 is 0 Å². The van der Waals surface area contributed by atoms with Crippen molar-refractivity contribution in [2.45, 2.75) is 75.7 Å². The van der Waals surface area contributed by atoms with Gasteiger partial charge in [0, 0.05) is 45.2 Å². The molecule has 51 heavy (non-hydrogen) atoms. The van der Waals surface area contributed by atoms with Crippen molar-refractivity contribution in [2.24, 2.45) is 0 Å². The molecule has 3 heterocycles. The molecule has 248 valence electrons. The van der Waals surface area contributed by atoms with Gasteiger partial charge < -0.3 is 9.80 Å². The smallest absolute Gasteiger partial charge is 0.252 e. The zero-order valence-electron chi connectivity index (χ0n) is 30.1. The number of hydrogen-bond donors (Lipinski definition) is 0. The minimum atomic E-state index is -0.0601. The van der Waals surface area contributed by atoms with Gasteiger partial charge in [0.1, 0.15) is 0 Å². The molecule has 2 aliphatic carbocycles. The molecule has 0 saturated heterocycles. The molecule has 0 N–H and O–H groups in total. The third kappa shape index (κ3) is 3.60. The van der Waals surface area contributed by atoms with Gasteiger partial charge in [-0.2, -0.15) is 0 Å². The minimum Gasteiger partial charge on any atom is -0.335 e. The highest BCUT2D eigenvalue weighted by molar-refractivity contribution is 7.00. The maximum Gasteiger partial charge on any atom is 0.252 e. The molecule has 1 saturated carbocycles. The first-order valence-electron chi connectivity index (χ1n) is 19.1. The van der Waals surface area contributed by atoms with E-state index in [1.165, 1.54) is 98.3 Å². The molecule has 1 fully saturated rings. The van der Waals surface area contributed by atoms with Gasteiger partial charge in [-0.15, -0.1) is 0 Å². The molecule has 0 bridgehead atoms. The van der Waals surface area contributed by atoms with Gasteiger partial charge in [-0.3, -0.25) is 0 Å². The second kappa shape index (κ2) is 10.1. The monoisotopic (exact) mass is 658 g/mol. The van der Waals surface area contributed by atoms with Crippen molar-refractivity contribution in [1.82, 2.24) is 0 Å². The fourth-order valence-corrected chi connectivity index (χ4v) is 11.6. The average Bonchev–Trinajstić information content (AvgIpc) is 3.37. The maximum atomic E-state index is 2.81. The standard InChI is InChI=1S/C48H43BN2/c1-46(2)35-20-10-8-18-33(35)43(34-19-9-11-21-36(34)46)31-26-27-38-42(30-31)50(32-16-6-5-7-17-32)40-24-15-25-41-44(40)49(38)39-23-14-22-37-45(39)51(41)48(4)29-13-12-28-47(37,48)3/h5-11,14-27,30,43H,12-13,28-29H2,1-4H3. The molecule has 3 aliphatic heterocycles. The predicted molar refractivity (Wildman–Crippen MR) is 215 cm³/mol. The van der Waals surface area contributed by atoms with Crippen LogP contribution in [0.5, 0.6) is 0 Å². The van der Waals surface area contributed by atoms with Crippen LogP contribution in [0.3, 0.4) is 0 Å². The Labute approximate surface area is 302 Å². The Hall–Kier alpha value is -5.02. The quantitative estimate of drug-likeness (QED) is 0.171. The lowest BCUT2D eigenvalue weighted by atomic mass is 9.33. The molecular formula is C48H43BN2. The Bertz CT molecular complexity index is 2380. The van der Waals surface area contributed by atoms with E-state index in [4.69, 9.17) is 0 Å². The molecular weight excluding hydrogens is 615 g/mol. The van der Waals surface area contributed by atoms with Gasteiger partial charge in [0.25, 0.3) is 6.71 Å². The molecule has 0 radical (unpaired) electrons. The lowest BCUT2D eigenvalue weighted by Crippen LogP contribution is -2.64. The van der Waals surface area contributed by atoms with E-state index >= 15 is 0 Å². The maximum absolute atomic E-state index is 2.81. The van der Waals surface area contributed by atoms with Crippen molar-refractivity contribution in [1.29, 1.82) is 0 Å². The first-order valence-corrected chi connectivity index (χ1v) is 19.1. The number of para-hydroxylation sites is 2. The topological polar surface area (TPSA) is 6.48 Å². The molecule has 0 spiro atoms. The largest absolute Gasteiger partial charge is 0.335 e. The van der Waals surface area contributed by atoms with E-state index in [0.29, 0.717) is 0 Å². The zero-order chi connectivity index (χ0) is 34.3. The van der Waals surface area contributed by atoms with Crippen LogP contribution in [0.4, 0.5) is 28.4 Å². The lowest BCUT2D eigenvalue weighted by molar-refractivity contribution is 0.195. The van der Waals surface area contributed by atoms with Gasteiger partial charge in [0.2, 0.25) is 0 Å². The molecule has 6 aromatic rings. The van der Waals surface area contributed by atoms with Crippen LogP contribution in [0, 0.1) is 0 Å². The van der Waals surface area contributed by atoms with Crippen LogP contribution in [0.25, 0.3) is 0 Å². The zero-order valence-corrected chi connectivity index (χ0v) is 30.1. The van der Waals surface area contributed by atoms with E-state index in [-0.39, 0.29) is 29.0 Å². The normalized spacial score (nSPS) is 23.1. The Morgan fingerprint density at radius 1 is 0.569 bits per heavy atom. The Balaban J connectivity index is 1.19. The number of hydrogen-bond acceptors (Lipinski definition) is 2. The van der Waals surface area contributed by atoms with E-state index in [2.05, 4.69) is 171 Å². The van der Waals surface area contributed by atoms with Crippen molar-refractivity contribution in [3.8, 4) is 0 Å². The van der Waals surface area contributed by atoms with Crippen LogP contribution < -0.4 is 26.2 Å². The number of rotatable bonds is 2. The Morgan fingerprint density at radius 3 is 1.98 bits per heavy atom. The van der Waals surface area contributed by atoms with Crippen molar-refractivity contribution in [3.05, 3.63) is 167 Å². The summed E-state index contributed by atoms with van der Waals surface area (Å²) in [6.07, 6.45) is 5.05. The summed E-state index contributed by atoms with van der Waals surface area (Å²) < 4.78 is 0. The van der Waals surface area contributed by atoms with Gasteiger partial charge >= 0.3 is 0 Å². The van der Waals surface area contributed by atoms with Crippen LogP contribution in [0.1, 0.15) is 92.7 Å². The lowest BCUT2D eigenvalue weighted by Gasteiger charge is -2.52. The van der Waals surface area contributed by atoms with Gasteiger partial charge in [-0.25, -0.2) is 0 Å². The fraction of sp³-hybridized carbons (Fsp3) is 0.250. The van der Waals surface area contributed by atoms with E-state index < -0.39 is 0 Å². The highest BCUT2D eigenvalue weighted by Crippen LogP contribution is 2.61. The Kier molecular flexibility index (Phi) is 5.86. The molecule has 3 heteroatoms. The molecule has 2 unspecified atom stereocenters. The van der Waals surface area contributed by atoms with Gasteiger partial charge in [0.15, 0.2) is 0 Å². The molecule has 6 aromatic carbocycles. The second-order valence-corrected chi connectivity index (χ2v) is 16.8. The number of nitrogens with zero attached hydrogens (tertiary/aromatic N) is 2. The van der Waals surface area contributed by atoms with Gasteiger partial charge in [-0.1, -0.05) is 137 Å². The SMILES string of the molecule is CC1(C)c2ccccc2C(c2ccc3c(c2)N(c2ccccc2)c2cccc4c2B3c2cccc3c2N4C2(C)CCCCC32C)c2ccccc21. The molecule has 0 aromatic heterocycles. The van der Waals surface area contributed by atoms with Crippen molar-refractivity contribution >= 4 is 51.5 Å². The van der Waals surface area contributed by atoms with E-state index in [0.717, 1.165) is 0 Å². The van der Waals surface area contributed by atoms with Crippen molar-refractivity contribution in [2.75, 3.05) is 9.80 Å². The van der Waals surface area contributed by atoms with E-state index in [1.807, 2.05) is 0 Å². The van der Waals surface area contributed by atoms with E-state index in [9.17, 15) is 0 Å². The summed E-state index contributed by atoms with van der Waals surface area (Å²) in [7, 11) is 0. The van der Waals surface area contributed by atoms with Crippen LogP contribution in [-0.4, -0.2) is 12.3 Å². The number of benzene rings is 6. The fourth-order valence-electron chi connectivity index (χ4n) is 11.6. The van der Waals surface area contributed by atoms with Gasteiger partial charge in [0.05, 0.1) is 5.54 Å². The van der Waals surface area contributed by atoms with Crippen LogP contribution >= 0.6 is 0 Å². The summed E-state index contributed by atoms with van der Waals surface area (Å²) in [4.78, 5) is 5.39. The highest BCUT2D eigenvalue weighted by Gasteiger charge is 2.61. The number of anilines is 5. The first-order chi connectivity index (χ1) is 24.8. The molecule has 11 rings (SSSR count). The summed E-state index contributed by atoms with van der Waals surface area (Å²) in [6, 6.07) is 51.3. The third-order valence-corrected chi connectivity index (χ3v) is 14.1. The van der Waals surface area contributed by atoms with Crippen LogP contribution in [-0.2, 0) is 10.8 Å². The van der Waals surface area contributed by atoms with Crippen LogP contribution in [0.15, 0.2) is 133 Å². The third-order valence-electron chi connectivity index (χ3n) is 14.1. The minimum absolute atomic E-state index is 0.0427. The summed E-state index contributed by atoms with van der Waals surface area (Å²) in [6.45, 7) is 10.1. The second-order valence-electron chi connectivity index (χ2n) is 16.8. The van der Waals surface area contributed by atoms with Crippen LogP contribution in [0.2, 0.25) is 0 Å². The first kappa shape index (κ1) is 29.7. The van der Waals surface area contributed by atoms with Crippen molar-refractivity contribution in [3.63, 3.8) is 0 Å². The molecule has 5 aliphatic rings. The number of fused-ring (bicyclic) bond motifs is 9. The highest BCUT2D eigenvalue weighted by atomic mass is 15.3. The Morgan fingerprint density at radius 2 is 1.22 bits per heavy atom. The molecule has 0 amide bonds. The summed E-state index contributed by atoms with van der Waals surface area (Å²) in [5.74, 6) is 0.159. The summed E-state index contributed by atoms with van der Waals surface area (Å²) >= 11 is 0. The average molecular weight is 659 g/mol. The predicted octanol–water partition coefficient (Wildman–Crippen LogP) is 9.86. The molecule has 2 atom stereocenters. The van der Waals surface area contributed by atoms with E-state index in [1.54, 1.807) is 5.56 Å².